The van der Waals surface area contributed by atoms with E-state index in [2.05, 4.69) is 0 Å². The van der Waals surface area contributed by atoms with Crippen molar-refractivity contribution < 1.29 is 70.1 Å². The van der Waals surface area contributed by atoms with Crippen LogP contribution in [-0.4, -0.2) is 100 Å². The highest BCUT2D eigenvalue weighted by Gasteiger charge is 2.47. The van der Waals surface area contributed by atoms with Crippen LogP contribution in [0.15, 0.2) is 42.5 Å². The number of hydrogen-bond donors (Lipinski definition) is 10. The number of aliphatic hydroxyl groups excluding tert-OH is 5. The van der Waals surface area contributed by atoms with Crippen molar-refractivity contribution in [3.8, 4) is 40.2 Å². The molecule has 0 saturated carbocycles. The van der Waals surface area contributed by atoms with Crippen molar-refractivity contribution in [3.05, 3.63) is 64.7 Å². The van der Waals surface area contributed by atoms with Gasteiger partial charge in [-0.05, 0) is 23.6 Å². The van der Waals surface area contributed by atoms with Crippen molar-refractivity contribution in [1.82, 2.24) is 0 Å². The number of Topliss-reactive ketones (excluding diaryl/α,β-unsaturated/α-hetero) is 1. The lowest BCUT2D eigenvalue weighted by molar-refractivity contribution is -0.277. The van der Waals surface area contributed by atoms with E-state index in [4.69, 9.17) is 14.2 Å². The van der Waals surface area contributed by atoms with Gasteiger partial charge in [0, 0.05) is 35.7 Å². The SMILES string of the molecule is CC(C)CC(=O)c1c(OC2OC(CO)C(O)C(O)C2O)cc(O)c(C2c3c(O)cc(O)cc3OC(c3ccc(O)cc3)C2O)c1O. The first-order chi connectivity index (χ1) is 21.7. The summed E-state index contributed by atoms with van der Waals surface area (Å²) in [7, 11) is 0. The third kappa shape index (κ3) is 5.98. The fourth-order valence-corrected chi connectivity index (χ4v) is 5.88. The van der Waals surface area contributed by atoms with Crippen LogP contribution in [0, 0.1) is 5.92 Å². The predicted molar refractivity (Wildman–Crippen MR) is 157 cm³/mol. The molecule has 0 aliphatic carbocycles. The van der Waals surface area contributed by atoms with Gasteiger partial charge in [-0.25, -0.2) is 0 Å². The quantitative estimate of drug-likeness (QED) is 0.155. The molecule has 5 rings (SSSR count). The Morgan fingerprint density at radius 1 is 0.826 bits per heavy atom. The first-order valence-corrected chi connectivity index (χ1v) is 14.5. The monoisotopic (exact) mass is 644 g/mol. The lowest BCUT2D eigenvalue weighted by Crippen LogP contribution is -2.60. The molecule has 10 N–H and O–H groups in total. The molecule has 3 aromatic carbocycles. The number of benzene rings is 3. The average Bonchev–Trinajstić information content (AvgIpc) is 2.98. The number of fused-ring (bicyclic) bond motifs is 1. The summed E-state index contributed by atoms with van der Waals surface area (Å²) in [6.45, 7) is 2.71. The molecule has 1 fully saturated rings. The summed E-state index contributed by atoms with van der Waals surface area (Å²) in [6, 6.07) is 8.68. The number of carbonyl (C=O) groups is 1. The number of aromatic hydroxyl groups is 5. The van der Waals surface area contributed by atoms with E-state index in [0.717, 1.165) is 18.2 Å². The lowest BCUT2D eigenvalue weighted by atomic mass is 9.78. The molecule has 0 aromatic heterocycles. The molecule has 0 amide bonds. The summed E-state index contributed by atoms with van der Waals surface area (Å²) < 4.78 is 17.1. The molecule has 2 aliphatic rings. The maximum absolute atomic E-state index is 13.6. The minimum atomic E-state index is -1.88. The Kier molecular flexibility index (Phi) is 9.22. The van der Waals surface area contributed by atoms with E-state index < -0.39 is 95.3 Å². The molecule has 2 aliphatic heterocycles. The van der Waals surface area contributed by atoms with Gasteiger partial charge in [-0.15, -0.1) is 0 Å². The van der Waals surface area contributed by atoms with Crippen molar-refractivity contribution in [3.63, 3.8) is 0 Å². The molecule has 0 spiro atoms. The fraction of sp³-hybridized carbons (Fsp3) is 0.406. The largest absolute Gasteiger partial charge is 0.508 e. The maximum atomic E-state index is 13.6. The van der Waals surface area contributed by atoms with E-state index >= 15 is 0 Å². The molecular formula is C32H36O14. The highest BCUT2D eigenvalue weighted by atomic mass is 16.7. The van der Waals surface area contributed by atoms with Gasteiger partial charge in [0.05, 0.1) is 12.5 Å². The Hall–Kier alpha value is -4.31. The van der Waals surface area contributed by atoms with E-state index in [1.54, 1.807) is 13.8 Å². The van der Waals surface area contributed by atoms with Crippen molar-refractivity contribution in [2.24, 2.45) is 5.92 Å². The number of phenols is 5. The average molecular weight is 645 g/mol. The lowest BCUT2D eigenvalue weighted by Gasteiger charge is -2.40. The van der Waals surface area contributed by atoms with Crippen LogP contribution >= 0.6 is 0 Å². The second kappa shape index (κ2) is 12.8. The Labute approximate surface area is 262 Å². The number of aliphatic hydroxyl groups is 5. The Morgan fingerprint density at radius 3 is 2.11 bits per heavy atom. The van der Waals surface area contributed by atoms with Gasteiger partial charge in [0.1, 0.15) is 76.3 Å². The number of hydrogen-bond acceptors (Lipinski definition) is 14. The standard InChI is InChI=1S/C32H36O14/c1-12(2)7-16(36)23-20(45-32-30(43)29(42)26(39)21(11-33)46-32)10-18(38)24(27(23)40)25-22-17(37)8-15(35)9-19(22)44-31(28(25)41)13-3-5-14(34)6-4-13/h3-6,8-10,12,21,25-26,28-35,37-43H,7,11H2,1-2H3. The van der Waals surface area contributed by atoms with Gasteiger partial charge in [0.15, 0.2) is 11.9 Å². The topological polar surface area (TPSA) is 247 Å². The molecule has 0 bridgehead atoms. The summed E-state index contributed by atoms with van der Waals surface area (Å²) in [6.07, 6.45) is -11.5. The summed E-state index contributed by atoms with van der Waals surface area (Å²) >= 11 is 0. The molecule has 1 saturated heterocycles. The molecular weight excluding hydrogens is 608 g/mol. The highest BCUT2D eigenvalue weighted by Crippen LogP contribution is 2.55. The Bertz CT molecular complexity index is 1590. The fourth-order valence-electron chi connectivity index (χ4n) is 5.88. The van der Waals surface area contributed by atoms with E-state index in [9.17, 15) is 55.9 Å². The number of rotatable bonds is 8. The zero-order valence-corrected chi connectivity index (χ0v) is 24.8. The minimum absolute atomic E-state index is 0.0696. The van der Waals surface area contributed by atoms with Gasteiger partial charge in [-0.3, -0.25) is 4.79 Å². The van der Waals surface area contributed by atoms with Crippen LogP contribution in [0.2, 0.25) is 0 Å². The summed E-state index contributed by atoms with van der Waals surface area (Å²) in [5.41, 5.74) is -0.675. The van der Waals surface area contributed by atoms with Gasteiger partial charge in [0.2, 0.25) is 6.29 Å². The van der Waals surface area contributed by atoms with Crippen LogP contribution < -0.4 is 9.47 Å². The van der Waals surface area contributed by atoms with E-state index in [1.165, 1.54) is 24.3 Å². The van der Waals surface area contributed by atoms with E-state index in [0.29, 0.717) is 5.56 Å². The smallest absolute Gasteiger partial charge is 0.229 e. The van der Waals surface area contributed by atoms with Crippen LogP contribution in [0.1, 0.15) is 59.3 Å². The maximum Gasteiger partial charge on any atom is 0.229 e. The van der Waals surface area contributed by atoms with Crippen molar-refractivity contribution in [1.29, 1.82) is 0 Å². The number of phenolic OH excluding ortho intramolecular Hbond substituents is 5. The molecule has 0 radical (unpaired) electrons. The zero-order valence-electron chi connectivity index (χ0n) is 24.8. The van der Waals surface area contributed by atoms with Crippen molar-refractivity contribution in [2.75, 3.05) is 6.61 Å². The normalized spacial score (nSPS) is 27.6. The van der Waals surface area contributed by atoms with Crippen LogP contribution in [0.3, 0.4) is 0 Å². The summed E-state index contributed by atoms with van der Waals surface area (Å²) in [4.78, 5) is 13.6. The minimum Gasteiger partial charge on any atom is -0.508 e. The summed E-state index contributed by atoms with van der Waals surface area (Å²) in [5.74, 6) is -5.58. The first kappa shape index (κ1) is 33.1. The van der Waals surface area contributed by atoms with Crippen LogP contribution in [0.5, 0.6) is 40.2 Å². The highest BCUT2D eigenvalue weighted by molar-refractivity contribution is 6.02. The zero-order chi connectivity index (χ0) is 33.6. The van der Waals surface area contributed by atoms with Crippen molar-refractivity contribution >= 4 is 5.78 Å². The molecule has 14 heteroatoms. The van der Waals surface area contributed by atoms with Crippen molar-refractivity contribution in [2.45, 2.75) is 69.1 Å². The van der Waals surface area contributed by atoms with Gasteiger partial charge in [-0.1, -0.05) is 26.0 Å². The molecule has 8 atom stereocenters. The Morgan fingerprint density at radius 2 is 1.48 bits per heavy atom. The van der Waals surface area contributed by atoms with Gasteiger partial charge in [0.25, 0.3) is 0 Å². The third-order valence-electron chi connectivity index (χ3n) is 8.10. The van der Waals surface area contributed by atoms with Gasteiger partial charge in [-0.2, -0.15) is 0 Å². The number of ketones is 1. The third-order valence-corrected chi connectivity index (χ3v) is 8.10. The first-order valence-electron chi connectivity index (χ1n) is 14.5. The van der Waals surface area contributed by atoms with E-state index in [-0.39, 0.29) is 35.2 Å². The van der Waals surface area contributed by atoms with E-state index in [1.807, 2.05) is 0 Å². The predicted octanol–water partition coefficient (Wildman–Crippen LogP) is 1.25. The Balaban J connectivity index is 1.68. The molecule has 14 nitrogen and oxygen atoms in total. The number of ether oxygens (including phenoxy) is 3. The van der Waals surface area contributed by atoms with Gasteiger partial charge >= 0.3 is 0 Å². The molecule has 248 valence electrons. The summed E-state index contributed by atoms with van der Waals surface area (Å²) in [5, 5.41) is 106. The van der Waals surface area contributed by atoms with Crippen LogP contribution in [0.25, 0.3) is 0 Å². The molecule has 46 heavy (non-hydrogen) atoms. The van der Waals surface area contributed by atoms with Crippen LogP contribution in [-0.2, 0) is 4.74 Å². The van der Waals surface area contributed by atoms with Gasteiger partial charge < -0.3 is 65.3 Å². The van der Waals surface area contributed by atoms with Crippen LogP contribution in [0.4, 0.5) is 0 Å². The molecule has 2 heterocycles. The molecule has 3 aromatic rings. The second-order valence-electron chi connectivity index (χ2n) is 11.8. The number of carbonyl (C=O) groups excluding carboxylic acids is 1. The molecule has 8 unspecified atom stereocenters. The second-order valence-corrected chi connectivity index (χ2v) is 11.8.